The Kier molecular flexibility index (Phi) is 4.99. The Balaban J connectivity index is 2.54. The molecule has 0 saturated carbocycles. The van der Waals surface area contributed by atoms with Crippen LogP contribution in [0.1, 0.15) is 19.4 Å². The maximum absolute atomic E-state index is 9.51. The van der Waals surface area contributed by atoms with Crippen molar-refractivity contribution in [1.29, 1.82) is 0 Å². The number of ether oxygens (including phenoxy) is 1. The smallest absolute Gasteiger partial charge is 0.160 e. The molecule has 2 N–H and O–H groups in total. The Morgan fingerprint density at radius 1 is 1.33 bits per heavy atom. The molecule has 0 aliphatic heterocycles. The lowest BCUT2D eigenvalue weighted by atomic mass is 10.0. The average Bonchev–Trinajstić information content (AvgIpc) is 2.31. The van der Waals surface area contributed by atoms with Gasteiger partial charge in [0, 0.05) is 18.6 Å². The molecule has 1 aromatic rings. The molecule has 1 rings (SSSR count). The summed E-state index contributed by atoms with van der Waals surface area (Å²) in [4.78, 5) is 2.19. The molecule has 1 aromatic carbocycles. The van der Waals surface area contributed by atoms with Crippen LogP contribution in [0, 0.1) is 0 Å². The molecular weight excluding hydrogens is 228 g/mol. The molecule has 0 aliphatic carbocycles. The fourth-order valence-corrected chi connectivity index (χ4v) is 1.50. The lowest BCUT2D eigenvalue weighted by Gasteiger charge is -2.32. The van der Waals surface area contributed by atoms with Gasteiger partial charge in [-0.25, -0.2) is 0 Å². The van der Waals surface area contributed by atoms with Gasteiger partial charge in [-0.3, -0.25) is 0 Å². The molecule has 0 heterocycles. The first-order valence-electron chi connectivity index (χ1n) is 6.11. The lowest BCUT2D eigenvalue weighted by Crippen LogP contribution is -2.46. The first-order chi connectivity index (χ1) is 8.36. The molecule has 0 aliphatic rings. The second-order valence-corrected chi connectivity index (χ2v) is 5.32. The molecule has 4 nitrogen and oxygen atoms in total. The van der Waals surface area contributed by atoms with Crippen LogP contribution in [-0.2, 0) is 6.54 Å². The van der Waals surface area contributed by atoms with Crippen LogP contribution in [0.25, 0.3) is 0 Å². The maximum atomic E-state index is 9.51. The van der Waals surface area contributed by atoms with E-state index in [1.807, 2.05) is 12.1 Å². The summed E-state index contributed by atoms with van der Waals surface area (Å²) < 4.78 is 5.09. The van der Waals surface area contributed by atoms with Gasteiger partial charge in [-0.2, -0.15) is 0 Å². The minimum atomic E-state index is 0.112. The summed E-state index contributed by atoms with van der Waals surface area (Å²) in [6, 6.07) is 5.41. The zero-order chi connectivity index (χ0) is 13.8. The largest absolute Gasteiger partial charge is 0.504 e. The second-order valence-electron chi connectivity index (χ2n) is 5.32. The van der Waals surface area contributed by atoms with Crippen LogP contribution in [0.4, 0.5) is 0 Å². The van der Waals surface area contributed by atoms with Gasteiger partial charge in [0.2, 0.25) is 0 Å². The fourth-order valence-electron chi connectivity index (χ4n) is 1.50. The average molecular weight is 252 g/mol. The van der Waals surface area contributed by atoms with Crippen molar-refractivity contribution in [1.82, 2.24) is 10.2 Å². The van der Waals surface area contributed by atoms with Crippen LogP contribution < -0.4 is 10.1 Å². The van der Waals surface area contributed by atoms with E-state index in [2.05, 4.69) is 38.2 Å². The van der Waals surface area contributed by atoms with Crippen molar-refractivity contribution in [2.24, 2.45) is 0 Å². The van der Waals surface area contributed by atoms with Gasteiger partial charge in [-0.1, -0.05) is 6.07 Å². The molecule has 102 valence electrons. The molecule has 0 unspecified atom stereocenters. The van der Waals surface area contributed by atoms with Crippen molar-refractivity contribution in [2.75, 3.05) is 27.7 Å². The van der Waals surface area contributed by atoms with Crippen molar-refractivity contribution in [3.8, 4) is 11.5 Å². The number of nitrogens with zero attached hydrogens (tertiary/aromatic N) is 1. The van der Waals surface area contributed by atoms with Crippen molar-refractivity contribution < 1.29 is 9.84 Å². The van der Waals surface area contributed by atoms with E-state index in [0.29, 0.717) is 5.75 Å². The minimum absolute atomic E-state index is 0.112. The van der Waals surface area contributed by atoms with Gasteiger partial charge in [0.1, 0.15) is 0 Å². The van der Waals surface area contributed by atoms with Crippen molar-refractivity contribution in [3.63, 3.8) is 0 Å². The summed E-state index contributed by atoms with van der Waals surface area (Å²) >= 11 is 0. The number of aromatic hydroxyl groups is 1. The summed E-state index contributed by atoms with van der Waals surface area (Å²) in [6.07, 6.45) is 0. The van der Waals surface area contributed by atoms with Crippen molar-refractivity contribution in [2.45, 2.75) is 25.9 Å². The van der Waals surface area contributed by atoms with Crippen LogP contribution in [0.3, 0.4) is 0 Å². The van der Waals surface area contributed by atoms with E-state index in [1.165, 1.54) is 0 Å². The lowest BCUT2D eigenvalue weighted by molar-refractivity contribution is 0.189. The summed E-state index contributed by atoms with van der Waals surface area (Å²) in [6.45, 7) is 6.03. The second kappa shape index (κ2) is 6.07. The Morgan fingerprint density at radius 2 is 2.00 bits per heavy atom. The summed E-state index contributed by atoms with van der Waals surface area (Å²) in [7, 11) is 5.71. The number of benzene rings is 1. The molecular formula is C14H24N2O2. The minimum Gasteiger partial charge on any atom is -0.504 e. The summed E-state index contributed by atoms with van der Waals surface area (Å²) in [5, 5.41) is 12.9. The van der Waals surface area contributed by atoms with Gasteiger partial charge >= 0.3 is 0 Å². The third-order valence-corrected chi connectivity index (χ3v) is 3.34. The number of methoxy groups -OCH3 is 1. The standard InChI is InChI=1S/C14H24N2O2/c1-14(2,16(3)4)10-15-9-11-6-7-12(17)13(8-11)18-5/h6-8,15,17H,9-10H2,1-5H3. The molecule has 0 fully saturated rings. The number of hydrogen-bond donors (Lipinski definition) is 2. The Morgan fingerprint density at radius 3 is 2.56 bits per heavy atom. The third kappa shape index (κ3) is 3.89. The molecule has 0 bridgehead atoms. The van der Waals surface area contributed by atoms with Gasteiger partial charge in [0.25, 0.3) is 0 Å². The highest BCUT2D eigenvalue weighted by atomic mass is 16.5. The molecule has 4 heteroatoms. The molecule has 0 radical (unpaired) electrons. The highest BCUT2D eigenvalue weighted by Crippen LogP contribution is 2.26. The number of phenols is 1. The fraction of sp³-hybridized carbons (Fsp3) is 0.571. The van der Waals surface area contributed by atoms with Gasteiger partial charge in [0.05, 0.1) is 7.11 Å². The first kappa shape index (κ1) is 14.8. The number of phenolic OH excluding ortho intramolecular Hbond substituents is 1. The van der Waals surface area contributed by atoms with Crippen LogP contribution in [0.2, 0.25) is 0 Å². The zero-order valence-electron chi connectivity index (χ0n) is 11.9. The van der Waals surface area contributed by atoms with Crippen molar-refractivity contribution in [3.05, 3.63) is 23.8 Å². The van der Waals surface area contributed by atoms with E-state index in [0.717, 1.165) is 18.7 Å². The molecule has 0 amide bonds. The predicted molar refractivity (Wildman–Crippen MR) is 74.1 cm³/mol. The van der Waals surface area contributed by atoms with E-state index < -0.39 is 0 Å². The van der Waals surface area contributed by atoms with Gasteiger partial charge in [-0.05, 0) is 45.6 Å². The van der Waals surface area contributed by atoms with E-state index in [4.69, 9.17) is 4.74 Å². The monoisotopic (exact) mass is 252 g/mol. The Labute approximate surface area is 110 Å². The van der Waals surface area contributed by atoms with Crippen LogP contribution in [-0.4, -0.2) is 43.3 Å². The third-order valence-electron chi connectivity index (χ3n) is 3.34. The number of hydrogen-bond acceptors (Lipinski definition) is 4. The van der Waals surface area contributed by atoms with Gasteiger partial charge in [-0.15, -0.1) is 0 Å². The quantitative estimate of drug-likeness (QED) is 0.811. The van der Waals surface area contributed by atoms with Crippen molar-refractivity contribution >= 4 is 0 Å². The topological polar surface area (TPSA) is 44.7 Å². The normalized spacial score (nSPS) is 11.9. The van der Waals surface area contributed by atoms with E-state index in [-0.39, 0.29) is 11.3 Å². The van der Waals surface area contributed by atoms with Crippen LogP contribution >= 0.6 is 0 Å². The maximum Gasteiger partial charge on any atom is 0.160 e. The van der Waals surface area contributed by atoms with E-state index in [1.54, 1.807) is 13.2 Å². The van der Waals surface area contributed by atoms with Crippen LogP contribution in [0.15, 0.2) is 18.2 Å². The Bertz CT molecular complexity index is 389. The summed E-state index contributed by atoms with van der Waals surface area (Å²) in [5.41, 5.74) is 1.21. The highest BCUT2D eigenvalue weighted by molar-refractivity contribution is 5.41. The summed E-state index contributed by atoms with van der Waals surface area (Å²) in [5.74, 6) is 0.691. The predicted octanol–water partition coefficient (Wildman–Crippen LogP) is 1.83. The number of nitrogens with one attached hydrogen (secondary N) is 1. The number of likely N-dealkylation sites (N-methyl/N-ethyl adjacent to an activating group) is 1. The number of rotatable bonds is 6. The van der Waals surface area contributed by atoms with Gasteiger partial charge < -0.3 is 20.1 Å². The van der Waals surface area contributed by atoms with Gasteiger partial charge in [0.15, 0.2) is 11.5 Å². The molecule has 0 atom stereocenters. The molecule has 18 heavy (non-hydrogen) atoms. The van der Waals surface area contributed by atoms with E-state index in [9.17, 15) is 5.11 Å². The van der Waals surface area contributed by atoms with Crippen LogP contribution in [0.5, 0.6) is 11.5 Å². The SMILES string of the molecule is COc1cc(CNCC(C)(C)N(C)C)ccc1O. The zero-order valence-corrected chi connectivity index (χ0v) is 11.9. The molecule has 0 spiro atoms. The van der Waals surface area contributed by atoms with E-state index >= 15 is 0 Å². The molecule has 0 aromatic heterocycles. The molecule has 0 saturated heterocycles. The Hall–Kier alpha value is -1.26. The first-order valence-corrected chi connectivity index (χ1v) is 6.11. The highest BCUT2D eigenvalue weighted by Gasteiger charge is 2.19.